The Kier molecular flexibility index (Phi) is 5.98. The van der Waals surface area contributed by atoms with E-state index >= 15 is 0 Å². The molecule has 150 valence electrons. The summed E-state index contributed by atoms with van der Waals surface area (Å²) in [5.74, 6) is 1.66. The van der Waals surface area contributed by atoms with Crippen LogP contribution >= 0.6 is 0 Å². The first-order chi connectivity index (χ1) is 14.2. The molecule has 2 aromatic heterocycles. The average Bonchev–Trinajstić information content (AvgIpc) is 3.41. The highest BCUT2D eigenvalue weighted by molar-refractivity contribution is 5.96. The van der Waals surface area contributed by atoms with Gasteiger partial charge in [0.25, 0.3) is 0 Å². The number of hydrogen-bond donors (Lipinski definition) is 0. The third-order valence-corrected chi connectivity index (χ3v) is 5.21. The fraction of sp³-hybridized carbons (Fsp3) is 0.391. The van der Waals surface area contributed by atoms with Gasteiger partial charge in [-0.15, -0.1) is 0 Å². The van der Waals surface area contributed by atoms with Crippen LogP contribution in [0.3, 0.4) is 0 Å². The maximum atomic E-state index is 12.9. The van der Waals surface area contributed by atoms with Crippen molar-refractivity contribution in [2.45, 2.75) is 39.2 Å². The second kappa shape index (κ2) is 8.99. The smallest absolute Gasteiger partial charge is 0.185 e. The number of ketones is 1. The van der Waals surface area contributed by atoms with Gasteiger partial charge in [0.05, 0.1) is 6.33 Å². The maximum Gasteiger partial charge on any atom is 0.185 e. The quantitative estimate of drug-likeness (QED) is 0.494. The maximum absolute atomic E-state index is 12.9. The molecule has 0 radical (unpaired) electrons. The normalized spacial score (nSPS) is 13.4. The number of benzene rings is 1. The van der Waals surface area contributed by atoms with E-state index in [1.165, 1.54) is 19.2 Å². The Hall–Kier alpha value is -3.02. The molecule has 4 rings (SSSR count). The van der Waals surface area contributed by atoms with E-state index in [-0.39, 0.29) is 5.78 Å². The molecule has 1 aromatic carbocycles. The molecule has 0 aliphatic heterocycles. The van der Waals surface area contributed by atoms with E-state index < -0.39 is 0 Å². The van der Waals surface area contributed by atoms with Crippen LogP contribution in [-0.4, -0.2) is 38.4 Å². The minimum Gasteiger partial charge on any atom is -0.356 e. The van der Waals surface area contributed by atoms with Crippen LogP contribution in [0.25, 0.3) is 0 Å². The van der Waals surface area contributed by atoms with E-state index in [9.17, 15) is 4.79 Å². The average molecular weight is 390 g/mol. The number of Topliss-reactive ketones (excluding diaryl/α,β-unsaturated/α-hetero) is 1. The van der Waals surface area contributed by atoms with Crippen LogP contribution in [0.2, 0.25) is 0 Å². The molecule has 6 nitrogen and oxygen atoms in total. The topological polar surface area (TPSA) is 63.9 Å². The molecule has 0 atom stereocenters. The third-order valence-electron chi connectivity index (χ3n) is 5.21. The molecular formula is C23H27N5O. The molecular weight excluding hydrogens is 362 g/mol. The van der Waals surface area contributed by atoms with E-state index in [4.69, 9.17) is 0 Å². The summed E-state index contributed by atoms with van der Waals surface area (Å²) in [4.78, 5) is 28.0. The van der Waals surface area contributed by atoms with Crippen molar-refractivity contribution in [2.75, 3.05) is 18.0 Å². The first-order valence-corrected chi connectivity index (χ1v) is 10.3. The van der Waals surface area contributed by atoms with Gasteiger partial charge in [0, 0.05) is 44.5 Å². The summed E-state index contributed by atoms with van der Waals surface area (Å²) < 4.78 is 2.01. The minimum atomic E-state index is 0.0244. The zero-order valence-corrected chi connectivity index (χ0v) is 16.9. The van der Waals surface area contributed by atoms with Gasteiger partial charge in [-0.25, -0.2) is 15.0 Å². The first-order valence-electron chi connectivity index (χ1n) is 10.3. The molecule has 1 fully saturated rings. The summed E-state index contributed by atoms with van der Waals surface area (Å²) in [6.45, 7) is 4.89. The number of carbonyl (C=O) groups is 1. The van der Waals surface area contributed by atoms with Crippen molar-refractivity contribution in [3.63, 3.8) is 0 Å². The summed E-state index contributed by atoms with van der Waals surface area (Å²) in [6.07, 6.45) is 11.0. The van der Waals surface area contributed by atoms with Crippen molar-refractivity contribution >= 4 is 11.6 Å². The molecule has 0 amide bonds. The van der Waals surface area contributed by atoms with Crippen LogP contribution < -0.4 is 4.90 Å². The Morgan fingerprint density at radius 3 is 2.83 bits per heavy atom. The molecule has 1 saturated carbocycles. The van der Waals surface area contributed by atoms with E-state index in [1.807, 2.05) is 29.0 Å². The van der Waals surface area contributed by atoms with Crippen LogP contribution in [0.4, 0.5) is 5.82 Å². The molecule has 0 bridgehead atoms. The van der Waals surface area contributed by atoms with Gasteiger partial charge in [0.15, 0.2) is 5.78 Å². The number of aromatic nitrogens is 4. The van der Waals surface area contributed by atoms with Gasteiger partial charge in [0.2, 0.25) is 0 Å². The van der Waals surface area contributed by atoms with Crippen molar-refractivity contribution in [2.24, 2.45) is 5.92 Å². The molecule has 0 N–H and O–H groups in total. The highest BCUT2D eigenvalue weighted by Crippen LogP contribution is 2.31. The van der Waals surface area contributed by atoms with Crippen molar-refractivity contribution in [1.29, 1.82) is 0 Å². The van der Waals surface area contributed by atoms with Gasteiger partial charge in [-0.3, -0.25) is 4.79 Å². The fourth-order valence-electron chi connectivity index (χ4n) is 3.56. The van der Waals surface area contributed by atoms with Crippen LogP contribution in [-0.2, 0) is 13.0 Å². The highest BCUT2D eigenvalue weighted by atomic mass is 16.1. The molecule has 29 heavy (non-hydrogen) atoms. The summed E-state index contributed by atoms with van der Waals surface area (Å²) in [5, 5.41) is 0. The lowest BCUT2D eigenvalue weighted by Gasteiger charge is -2.23. The summed E-state index contributed by atoms with van der Waals surface area (Å²) in [5.41, 5.74) is 2.64. The lowest BCUT2D eigenvalue weighted by atomic mass is 10.0. The monoisotopic (exact) mass is 389 g/mol. The van der Waals surface area contributed by atoms with Crippen molar-refractivity contribution in [1.82, 2.24) is 19.5 Å². The molecule has 0 saturated heterocycles. The zero-order valence-electron chi connectivity index (χ0n) is 16.9. The van der Waals surface area contributed by atoms with Gasteiger partial charge < -0.3 is 9.47 Å². The lowest BCUT2D eigenvalue weighted by Crippen LogP contribution is -2.27. The highest BCUT2D eigenvalue weighted by Gasteiger charge is 2.25. The molecule has 1 aliphatic rings. The van der Waals surface area contributed by atoms with E-state index in [1.54, 1.807) is 12.5 Å². The van der Waals surface area contributed by atoms with Gasteiger partial charge in [-0.1, -0.05) is 31.2 Å². The zero-order chi connectivity index (χ0) is 20.1. The molecule has 1 aliphatic carbocycles. The van der Waals surface area contributed by atoms with Gasteiger partial charge in [-0.05, 0) is 36.3 Å². The van der Waals surface area contributed by atoms with Crippen molar-refractivity contribution in [3.8, 4) is 0 Å². The Balaban J connectivity index is 1.45. The number of hydrogen-bond acceptors (Lipinski definition) is 5. The number of nitrogens with zero attached hydrogens (tertiary/aromatic N) is 5. The largest absolute Gasteiger partial charge is 0.356 e. The van der Waals surface area contributed by atoms with Crippen molar-refractivity contribution < 1.29 is 4.79 Å². The van der Waals surface area contributed by atoms with Crippen LogP contribution in [0.1, 0.15) is 47.8 Å². The number of rotatable bonds is 10. The Bertz CT molecular complexity index is 949. The third kappa shape index (κ3) is 5.28. The molecule has 6 heteroatoms. The molecule has 2 heterocycles. The minimum absolute atomic E-state index is 0.0244. The van der Waals surface area contributed by atoms with E-state index in [0.717, 1.165) is 48.9 Å². The van der Waals surface area contributed by atoms with Crippen molar-refractivity contribution in [3.05, 3.63) is 72.2 Å². The van der Waals surface area contributed by atoms with Crippen LogP contribution in [0.5, 0.6) is 0 Å². The summed E-state index contributed by atoms with van der Waals surface area (Å²) in [7, 11) is 0. The second-order valence-electron chi connectivity index (χ2n) is 7.81. The number of anilines is 1. The first kappa shape index (κ1) is 19.3. The molecule has 0 unspecified atom stereocenters. The van der Waals surface area contributed by atoms with Crippen LogP contribution in [0.15, 0.2) is 55.4 Å². The van der Waals surface area contributed by atoms with Gasteiger partial charge >= 0.3 is 0 Å². The van der Waals surface area contributed by atoms with E-state index in [2.05, 4.69) is 38.9 Å². The van der Waals surface area contributed by atoms with Gasteiger partial charge in [-0.2, -0.15) is 0 Å². The van der Waals surface area contributed by atoms with Gasteiger partial charge in [0.1, 0.15) is 17.8 Å². The van der Waals surface area contributed by atoms with Crippen LogP contribution in [0, 0.1) is 5.92 Å². The predicted molar refractivity (Wildman–Crippen MR) is 113 cm³/mol. The van der Waals surface area contributed by atoms with E-state index in [0.29, 0.717) is 12.1 Å². The Morgan fingerprint density at radius 1 is 1.21 bits per heavy atom. The molecule has 0 spiro atoms. The fourth-order valence-corrected chi connectivity index (χ4v) is 3.56. The SMILES string of the molecule is CCCN(CC1CC1)c1cc(C(=O)Cc2cccc(Cn3ccnc3)c2)ncn1. The summed E-state index contributed by atoms with van der Waals surface area (Å²) >= 11 is 0. The lowest BCUT2D eigenvalue weighted by molar-refractivity contribution is 0.0988. The Morgan fingerprint density at radius 2 is 2.07 bits per heavy atom. The number of carbonyl (C=O) groups excluding carboxylic acids is 1. The second-order valence-corrected chi connectivity index (χ2v) is 7.81. The standard InChI is InChI=1S/C23H27N5O/c1-2-9-28(15-18-6-7-18)23-13-21(25-16-26-23)22(29)12-19-4-3-5-20(11-19)14-27-10-8-24-17-27/h3-5,8,10-11,13,16-18H,2,6-7,9,12,14-15H2,1H3. The Labute approximate surface area is 171 Å². The summed E-state index contributed by atoms with van der Waals surface area (Å²) in [6, 6.07) is 10.00. The molecule has 3 aromatic rings. The number of imidazole rings is 1. The predicted octanol–water partition coefficient (Wildman–Crippen LogP) is 3.77.